The monoisotopic (exact) mass is 388 g/mol. The number of nitrogens with zero attached hydrogens (tertiary/aromatic N) is 2. The fourth-order valence-corrected chi connectivity index (χ4v) is 5.23. The molecule has 0 saturated carbocycles. The van der Waals surface area contributed by atoms with E-state index in [1.165, 1.54) is 6.26 Å². The molecule has 0 spiro atoms. The van der Waals surface area contributed by atoms with Crippen LogP contribution in [0.15, 0.2) is 52.2 Å². The van der Waals surface area contributed by atoms with Crippen molar-refractivity contribution in [1.82, 2.24) is 9.47 Å². The smallest absolute Gasteiger partial charge is 0.251 e. The van der Waals surface area contributed by atoms with Gasteiger partial charge in [0, 0.05) is 43.6 Å². The highest BCUT2D eigenvalue weighted by molar-refractivity contribution is 7.90. The van der Waals surface area contributed by atoms with Crippen LogP contribution in [0.3, 0.4) is 0 Å². The van der Waals surface area contributed by atoms with Crippen LogP contribution in [0.5, 0.6) is 0 Å². The SMILES string of the molecule is CS(=O)(=O)c1ccc(CN2C[C@H]3C[C@@H](C2)[C@H](CO)n2c3cccc2=O)cc1. The summed E-state index contributed by atoms with van der Waals surface area (Å²) in [5.41, 5.74) is 2.04. The van der Waals surface area contributed by atoms with E-state index in [0.717, 1.165) is 37.3 Å². The summed E-state index contributed by atoms with van der Waals surface area (Å²) >= 11 is 0. The van der Waals surface area contributed by atoms with Crippen molar-refractivity contribution >= 4 is 9.84 Å². The van der Waals surface area contributed by atoms with Crippen LogP contribution in [-0.2, 0) is 16.4 Å². The molecule has 1 fully saturated rings. The van der Waals surface area contributed by atoms with E-state index >= 15 is 0 Å². The van der Waals surface area contributed by atoms with Gasteiger partial charge >= 0.3 is 0 Å². The third-order valence-electron chi connectivity index (χ3n) is 5.82. The summed E-state index contributed by atoms with van der Waals surface area (Å²) in [6.45, 7) is 2.36. The van der Waals surface area contributed by atoms with Crippen LogP contribution < -0.4 is 5.56 Å². The number of hydrogen-bond acceptors (Lipinski definition) is 5. The quantitative estimate of drug-likeness (QED) is 0.857. The van der Waals surface area contributed by atoms with Crippen molar-refractivity contribution in [3.63, 3.8) is 0 Å². The zero-order valence-electron chi connectivity index (χ0n) is 15.3. The average molecular weight is 388 g/mol. The molecule has 1 saturated heterocycles. The Morgan fingerprint density at radius 3 is 2.52 bits per heavy atom. The Hall–Kier alpha value is -1.96. The second-order valence-corrected chi connectivity index (χ2v) is 9.73. The fourth-order valence-electron chi connectivity index (χ4n) is 4.60. The standard InChI is InChI=1S/C20H24N2O4S/c1-27(25,26)17-7-5-14(6-8-17)10-21-11-15-9-16(12-21)19(13-23)22-18(15)3-2-4-20(22)24/h2-8,15-16,19,23H,9-13H2,1H3/t15-,16+,19+/m1/s1. The molecule has 1 aromatic carbocycles. The highest BCUT2D eigenvalue weighted by Crippen LogP contribution is 2.41. The molecule has 144 valence electrons. The molecule has 0 amide bonds. The van der Waals surface area contributed by atoms with Gasteiger partial charge < -0.3 is 9.67 Å². The number of benzene rings is 1. The van der Waals surface area contributed by atoms with Crippen molar-refractivity contribution in [2.75, 3.05) is 26.0 Å². The number of piperidine rings is 1. The zero-order valence-corrected chi connectivity index (χ0v) is 16.1. The van der Waals surface area contributed by atoms with E-state index in [1.54, 1.807) is 28.8 Å². The van der Waals surface area contributed by atoms with Gasteiger partial charge in [-0.1, -0.05) is 18.2 Å². The largest absolute Gasteiger partial charge is 0.394 e. The number of hydrogen-bond donors (Lipinski definition) is 1. The van der Waals surface area contributed by atoms with Crippen molar-refractivity contribution in [1.29, 1.82) is 0 Å². The van der Waals surface area contributed by atoms with E-state index in [0.29, 0.717) is 4.90 Å². The number of likely N-dealkylation sites (tertiary alicyclic amines) is 1. The molecule has 4 rings (SSSR count). The minimum absolute atomic E-state index is 0.0361. The van der Waals surface area contributed by atoms with E-state index in [-0.39, 0.29) is 30.0 Å². The third kappa shape index (κ3) is 3.47. The zero-order chi connectivity index (χ0) is 19.2. The van der Waals surface area contributed by atoms with Gasteiger partial charge in [0.2, 0.25) is 0 Å². The Labute approximate surface area is 159 Å². The predicted octanol–water partition coefficient (Wildman–Crippen LogP) is 1.40. The summed E-state index contributed by atoms with van der Waals surface area (Å²) in [5, 5.41) is 9.92. The first-order valence-corrected chi connectivity index (χ1v) is 11.1. The molecule has 1 aromatic heterocycles. The first-order chi connectivity index (χ1) is 12.9. The number of aromatic nitrogens is 1. The summed E-state index contributed by atoms with van der Waals surface area (Å²) in [5.74, 6) is 0.507. The maximum atomic E-state index is 12.3. The van der Waals surface area contributed by atoms with Gasteiger partial charge in [-0.25, -0.2) is 8.42 Å². The van der Waals surface area contributed by atoms with E-state index in [2.05, 4.69) is 4.90 Å². The van der Waals surface area contributed by atoms with Gasteiger partial charge in [0.05, 0.1) is 17.5 Å². The number of fused-ring (bicyclic) bond motifs is 4. The molecule has 6 nitrogen and oxygen atoms in total. The van der Waals surface area contributed by atoms with E-state index in [4.69, 9.17) is 0 Å². The normalized spacial score (nSPS) is 25.2. The molecule has 7 heteroatoms. The summed E-state index contributed by atoms with van der Waals surface area (Å²) in [6, 6.07) is 12.2. The van der Waals surface area contributed by atoms with Crippen LogP contribution >= 0.6 is 0 Å². The van der Waals surface area contributed by atoms with Crippen LogP contribution in [-0.4, -0.2) is 48.9 Å². The third-order valence-corrected chi connectivity index (χ3v) is 6.95. The Bertz CT molecular complexity index is 997. The lowest BCUT2D eigenvalue weighted by Gasteiger charge is -2.46. The lowest BCUT2D eigenvalue weighted by atomic mass is 9.78. The number of pyridine rings is 1. The number of aliphatic hydroxyl groups is 1. The minimum atomic E-state index is -3.19. The van der Waals surface area contributed by atoms with Gasteiger partial charge in [-0.05, 0) is 36.1 Å². The second kappa shape index (κ2) is 6.89. The van der Waals surface area contributed by atoms with E-state index in [9.17, 15) is 18.3 Å². The van der Waals surface area contributed by atoms with Gasteiger partial charge in [-0.15, -0.1) is 0 Å². The molecule has 0 aliphatic carbocycles. The average Bonchev–Trinajstić information content (AvgIpc) is 2.62. The maximum Gasteiger partial charge on any atom is 0.251 e. The molecule has 3 heterocycles. The lowest BCUT2D eigenvalue weighted by Crippen LogP contribution is -2.50. The van der Waals surface area contributed by atoms with Gasteiger partial charge in [-0.2, -0.15) is 0 Å². The first kappa shape index (κ1) is 18.4. The van der Waals surface area contributed by atoms with Gasteiger partial charge in [-0.3, -0.25) is 9.69 Å². The van der Waals surface area contributed by atoms with Crippen molar-refractivity contribution in [2.24, 2.45) is 5.92 Å². The van der Waals surface area contributed by atoms with E-state index in [1.807, 2.05) is 18.2 Å². The maximum absolute atomic E-state index is 12.3. The Kier molecular flexibility index (Phi) is 4.70. The van der Waals surface area contributed by atoms with Crippen molar-refractivity contribution in [3.8, 4) is 0 Å². The number of rotatable bonds is 4. The molecular weight excluding hydrogens is 364 g/mol. The van der Waals surface area contributed by atoms with E-state index < -0.39 is 9.84 Å². The number of sulfone groups is 1. The van der Waals surface area contributed by atoms with Gasteiger partial charge in [0.25, 0.3) is 5.56 Å². The van der Waals surface area contributed by atoms with Crippen molar-refractivity contribution < 1.29 is 13.5 Å². The minimum Gasteiger partial charge on any atom is -0.394 e. The van der Waals surface area contributed by atoms with Crippen molar-refractivity contribution in [2.45, 2.75) is 29.8 Å². The Morgan fingerprint density at radius 2 is 1.85 bits per heavy atom. The second-order valence-electron chi connectivity index (χ2n) is 7.71. The predicted molar refractivity (Wildman–Crippen MR) is 103 cm³/mol. The molecular formula is C20H24N2O4S. The highest BCUT2D eigenvalue weighted by atomic mass is 32.2. The van der Waals surface area contributed by atoms with Crippen molar-refractivity contribution in [3.05, 3.63) is 64.1 Å². The van der Waals surface area contributed by atoms with Crippen LogP contribution in [0.2, 0.25) is 0 Å². The Balaban J connectivity index is 1.57. The summed E-state index contributed by atoms with van der Waals surface area (Å²) in [6.07, 6.45) is 2.19. The van der Waals surface area contributed by atoms with Crippen LogP contribution in [0.4, 0.5) is 0 Å². The molecule has 2 bridgehead atoms. The molecule has 0 unspecified atom stereocenters. The number of aliphatic hydroxyl groups excluding tert-OH is 1. The van der Waals surface area contributed by atoms with Crippen LogP contribution in [0.25, 0.3) is 0 Å². The fraction of sp³-hybridized carbons (Fsp3) is 0.450. The lowest BCUT2D eigenvalue weighted by molar-refractivity contribution is 0.0580. The summed E-state index contributed by atoms with van der Waals surface area (Å²) < 4.78 is 25.0. The van der Waals surface area contributed by atoms with Gasteiger partial charge in [0.15, 0.2) is 9.84 Å². The molecule has 2 aromatic rings. The topological polar surface area (TPSA) is 79.6 Å². The molecule has 2 aliphatic rings. The molecule has 2 aliphatic heterocycles. The molecule has 1 N–H and O–H groups in total. The van der Waals surface area contributed by atoms with Gasteiger partial charge in [0.1, 0.15) is 0 Å². The first-order valence-electron chi connectivity index (χ1n) is 9.20. The summed E-state index contributed by atoms with van der Waals surface area (Å²) in [4.78, 5) is 15.0. The highest BCUT2D eigenvalue weighted by Gasteiger charge is 2.40. The van der Waals surface area contributed by atoms with Crippen LogP contribution in [0.1, 0.15) is 29.6 Å². The molecule has 27 heavy (non-hydrogen) atoms. The summed E-state index contributed by atoms with van der Waals surface area (Å²) in [7, 11) is -3.19. The van der Waals surface area contributed by atoms with Crippen LogP contribution in [0, 0.1) is 5.92 Å². The molecule has 0 radical (unpaired) electrons. The Morgan fingerprint density at radius 1 is 1.11 bits per heavy atom. The molecule has 3 atom stereocenters.